The Balaban J connectivity index is 1.32. The fourth-order valence-electron chi connectivity index (χ4n) is 5.06. The van der Waals surface area contributed by atoms with Crippen LogP contribution in [-0.2, 0) is 9.53 Å². The van der Waals surface area contributed by atoms with E-state index in [-0.39, 0.29) is 12.6 Å². The number of rotatable bonds is 4. The minimum atomic E-state index is -0.424. The molecule has 140 valence electrons. The van der Waals surface area contributed by atoms with Crippen molar-refractivity contribution in [1.29, 1.82) is 0 Å². The molecule has 1 aromatic rings. The molecule has 1 heterocycles. The van der Waals surface area contributed by atoms with E-state index in [1.54, 1.807) is 24.3 Å². The molecule has 6 heteroatoms. The van der Waals surface area contributed by atoms with Gasteiger partial charge in [-0.05, 0) is 73.6 Å². The van der Waals surface area contributed by atoms with Gasteiger partial charge in [0.1, 0.15) is 5.75 Å². The van der Waals surface area contributed by atoms with Crippen LogP contribution in [0, 0.1) is 23.7 Å². The number of esters is 1. The van der Waals surface area contributed by atoms with Gasteiger partial charge in [-0.25, -0.2) is 9.59 Å². The lowest BCUT2D eigenvalue weighted by Gasteiger charge is -2.44. The van der Waals surface area contributed by atoms with E-state index >= 15 is 0 Å². The van der Waals surface area contributed by atoms with Crippen molar-refractivity contribution < 1.29 is 19.1 Å². The molecule has 26 heavy (non-hydrogen) atoms. The number of fused-ring (bicyclic) bond motifs is 2. The van der Waals surface area contributed by atoms with Gasteiger partial charge < -0.3 is 19.7 Å². The van der Waals surface area contributed by atoms with Gasteiger partial charge in [-0.1, -0.05) is 0 Å². The molecular weight excluding hydrogens is 332 g/mol. The first kappa shape index (κ1) is 17.2. The standard InChI is InChI=1S/C20H26N2O4/c1-25-19(23)12-26-16-8-6-15(7-9-16)21-20(24)22-10-17-13-2-3-14(5-4-13)18(17)11-22/h6-9,13-14,17-18H,2-5,10-12H2,1H3,(H,21,24)/t13?,14?,17-,18+. The lowest BCUT2D eigenvalue weighted by atomic mass is 9.60. The Morgan fingerprint density at radius 3 is 2.15 bits per heavy atom. The number of hydrogen-bond donors (Lipinski definition) is 1. The average Bonchev–Trinajstić information content (AvgIpc) is 3.16. The van der Waals surface area contributed by atoms with Gasteiger partial charge in [-0.2, -0.15) is 0 Å². The van der Waals surface area contributed by atoms with Crippen LogP contribution in [0.1, 0.15) is 25.7 Å². The zero-order valence-corrected chi connectivity index (χ0v) is 15.1. The Bertz CT molecular complexity index is 647. The van der Waals surface area contributed by atoms with Gasteiger partial charge in [0.05, 0.1) is 7.11 Å². The lowest BCUT2D eigenvalue weighted by molar-refractivity contribution is -0.142. The lowest BCUT2D eigenvalue weighted by Crippen LogP contribution is -2.38. The number of urea groups is 1. The number of nitrogens with one attached hydrogen (secondary N) is 1. The fraction of sp³-hybridized carbons (Fsp3) is 0.600. The molecule has 3 saturated carbocycles. The first-order chi connectivity index (χ1) is 12.6. The summed E-state index contributed by atoms with van der Waals surface area (Å²) in [6.07, 6.45) is 5.42. The number of carbonyl (C=O) groups is 2. The highest BCUT2D eigenvalue weighted by atomic mass is 16.6. The van der Waals surface area contributed by atoms with E-state index in [1.165, 1.54) is 32.8 Å². The van der Waals surface area contributed by atoms with Crippen LogP contribution in [0.4, 0.5) is 10.5 Å². The zero-order valence-electron chi connectivity index (χ0n) is 15.1. The van der Waals surface area contributed by atoms with Crippen LogP contribution in [0.5, 0.6) is 5.75 Å². The maximum absolute atomic E-state index is 12.7. The quantitative estimate of drug-likeness (QED) is 0.840. The van der Waals surface area contributed by atoms with E-state index in [9.17, 15) is 9.59 Å². The molecule has 0 unspecified atom stereocenters. The van der Waals surface area contributed by atoms with Crippen LogP contribution in [0.15, 0.2) is 24.3 Å². The first-order valence-corrected chi connectivity index (χ1v) is 9.49. The summed E-state index contributed by atoms with van der Waals surface area (Å²) in [7, 11) is 1.32. The molecular formula is C20H26N2O4. The molecule has 1 N–H and O–H groups in total. The summed E-state index contributed by atoms with van der Waals surface area (Å²) in [6, 6.07) is 7.04. The molecule has 0 radical (unpaired) electrons. The Kier molecular flexibility index (Phi) is 4.74. The third-order valence-corrected chi connectivity index (χ3v) is 6.42. The summed E-state index contributed by atoms with van der Waals surface area (Å²) in [6.45, 7) is 1.68. The van der Waals surface area contributed by atoms with E-state index in [1.807, 2.05) is 4.90 Å². The van der Waals surface area contributed by atoms with Gasteiger partial charge in [0.25, 0.3) is 0 Å². The Morgan fingerprint density at radius 2 is 1.62 bits per heavy atom. The number of amides is 2. The second kappa shape index (κ2) is 7.17. The Morgan fingerprint density at radius 1 is 1.04 bits per heavy atom. The van der Waals surface area contributed by atoms with Crippen molar-refractivity contribution in [2.24, 2.45) is 23.7 Å². The summed E-state index contributed by atoms with van der Waals surface area (Å²) < 4.78 is 9.85. The van der Waals surface area contributed by atoms with Gasteiger partial charge in [0.15, 0.2) is 6.61 Å². The molecule has 4 aliphatic rings. The van der Waals surface area contributed by atoms with Crippen LogP contribution in [-0.4, -0.2) is 43.7 Å². The Hall–Kier alpha value is -2.24. The number of benzene rings is 1. The first-order valence-electron chi connectivity index (χ1n) is 9.49. The molecule has 6 nitrogen and oxygen atoms in total. The minimum Gasteiger partial charge on any atom is -0.482 e. The maximum atomic E-state index is 12.7. The number of ether oxygens (including phenoxy) is 2. The molecule has 0 spiro atoms. The van der Waals surface area contributed by atoms with Gasteiger partial charge in [-0.15, -0.1) is 0 Å². The topological polar surface area (TPSA) is 67.9 Å². The fourth-order valence-corrected chi connectivity index (χ4v) is 5.06. The van der Waals surface area contributed by atoms with Crippen LogP contribution < -0.4 is 10.1 Å². The molecule has 5 rings (SSSR count). The van der Waals surface area contributed by atoms with Crippen molar-refractivity contribution in [1.82, 2.24) is 4.90 Å². The highest BCUT2D eigenvalue weighted by molar-refractivity contribution is 5.89. The van der Waals surface area contributed by atoms with E-state index in [4.69, 9.17) is 4.74 Å². The third-order valence-electron chi connectivity index (χ3n) is 6.42. The van der Waals surface area contributed by atoms with Gasteiger partial charge >= 0.3 is 12.0 Å². The van der Waals surface area contributed by atoms with Crippen molar-refractivity contribution >= 4 is 17.7 Å². The highest BCUT2D eigenvalue weighted by Gasteiger charge is 2.49. The molecule has 2 amide bonds. The van der Waals surface area contributed by atoms with Crippen molar-refractivity contribution in [2.75, 3.05) is 32.1 Å². The molecule has 4 fully saturated rings. The van der Waals surface area contributed by atoms with Crippen LogP contribution in [0.3, 0.4) is 0 Å². The molecule has 3 aliphatic carbocycles. The molecule has 1 saturated heterocycles. The molecule has 1 aliphatic heterocycles. The smallest absolute Gasteiger partial charge is 0.343 e. The largest absolute Gasteiger partial charge is 0.482 e. The van der Waals surface area contributed by atoms with Crippen molar-refractivity contribution in [2.45, 2.75) is 25.7 Å². The van der Waals surface area contributed by atoms with Gasteiger partial charge in [-0.3, -0.25) is 0 Å². The average molecular weight is 358 g/mol. The second-order valence-electron chi connectivity index (χ2n) is 7.73. The second-order valence-corrected chi connectivity index (χ2v) is 7.73. The maximum Gasteiger partial charge on any atom is 0.343 e. The predicted molar refractivity (Wildman–Crippen MR) is 97.0 cm³/mol. The zero-order chi connectivity index (χ0) is 18.1. The van der Waals surface area contributed by atoms with E-state index in [0.29, 0.717) is 17.6 Å². The number of anilines is 1. The molecule has 2 bridgehead atoms. The van der Waals surface area contributed by atoms with Crippen molar-refractivity contribution in [3.63, 3.8) is 0 Å². The highest BCUT2D eigenvalue weighted by Crippen LogP contribution is 2.51. The van der Waals surface area contributed by atoms with Crippen LogP contribution >= 0.6 is 0 Å². The van der Waals surface area contributed by atoms with Gasteiger partial charge in [0.2, 0.25) is 0 Å². The summed E-state index contributed by atoms with van der Waals surface area (Å²) in [5.74, 6) is 3.22. The van der Waals surface area contributed by atoms with Crippen LogP contribution in [0.2, 0.25) is 0 Å². The van der Waals surface area contributed by atoms with Crippen molar-refractivity contribution in [3.05, 3.63) is 24.3 Å². The van der Waals surface area contributed by atoms with Gasteiger partial charge in [0, 0.05) is 18.8 Å². The summed E-state index contributed by atoms with van der Waals surface area (Å²) in [5.41, 5.74) is 0.735. The van der Waals surface area contributed by atoms with E-state index < -0.39 is 5.97 Å². The minimum absolute atomic E-state index is 0.0120. The van der Waals surface area contributed by atoms with E-state index in [0.717, 1.165) is 30.6 Å². The molecule has 0 aromatic heterocycles. The Labute approximate surface area is 153 Å². The SMILES string of the molecule is COC(=O)COc1ccc(NC(=O)N2C[C@@H]3C4CCC(CC4)[C@@H]3C2)cc1. The summed E-state index contributed by atoms with van der Waals surface area (Å²) in [4.78, 5) is 25.7. The van der Waals surface area contributed by atoms with Crippen molar-refractivity contribution in [3.8, 4) is 5.75 Å². The monoisotopic (exact) mass is 358 g/mol. The molecule has 1 aromatic carbocycles. The number of carbonyl (C=O) groups excluding carboxylic acids is 2. The third kappa shape index (κ3) is 3.37. The summed E-state index contributed by atoms with van der Waals surface area (Å²) >= 11 is 0. The van der Waals surface area contributed by atoms with E-state index in [2.05, 4.69) is 10.1 Å². The number of nitrogens with zero attached hydrogens (tertiary/aromatic N) is 1. The number of methoxy groups -OCH3 is 1. The predicted octanol–water partition coefficient (Wildman–Crippen LogP) is 3.14. The van der Waals surface area contributed by atoms with Crippen LogP contribution in [0.25, 0.3) is 0 Å². The molecule has 2 atom stereocenters. The number of hydrogen-bond acceptors (Lipinski definition) is 4. The number of likely N-dealkylation sites (tertiary alicyclic amines) is 1. The normalized spacial score (nSPS) is 29.2. The summed E-state index contributed by atoms with van der Waals surface area (Å²) in [5, 5.41) is 2.99.